The van der Waals surface area contributed by atoms with E-state index in [-0.39, 0.29) is 30.1 Å². The summed E-state index contributed by atoms with van der Waals surface area (Å²) in [5.41, 5.74) is 1.69. The van der Waals surface area contributed by atoms with E-state index in [1.165, 1.54) is 15.8 Å². The van der Waals surface area contributed by atoms with Crippen molar-refractivity contribution in [1.82, 2.24) is 24.8 Å². The third-order valence-corrected chi connectivity index (χ3v) is 3.87. The molecule has 0 bridgehead atoms. The van der Waals surface area contributed by atoms with E-state index < -0.39 is 0 Å². The Kier molecular flexibility index (Phi) is 6.07. The zero-order chi connectivity index (χ0) is 19.3. The number of nitrogens with zero attached hydrogens (tertiary/aromatic N) is 6. The van der Waals surface area contributed by atoms with Crippen LogP contribution in [-0.2, 0) is 17.9 Å². The first-order chi connectivity index (χ1) is 12.3. The summed E-state index contributed by atoms with van der Waals surface area (Å²) < 4.78 is 1.36. The van der Waals surface area contributed by atoms with E-state index in [2.05, 4.69) is 16.4 Å². The summed E-state index contributed by atoms with van der Waals surface area (Å²) in [6.07, 6.45) is 1.48. The zero-order valence-electron chi connectivity index (χ0n) is 15.4. The molecule has 1 heterocycles. The van der Waals surface area contributed by atoms with Gasteiger partial charge in [-0.05, 0) is 31.5 Å². The third kappa shape index (κ3) is 4.66. The molecule has 0 N–H and O–H groups in total. The number of carbonyl (C=O) groups is 2. The predicted octanol–water partition coefficient (Wildman–Crippen LogP) is 1.29. The van der Waals surface area contributed by atoms with Gasteiger partial charge in [-0.15, -0.1) is 5.10 Å². The Morgan fingerprint density at radius 1 is 1.23 bits per heavy atom. The van der Waals surface area contributed by atoms with Crippen molar-refractivity contribution in [3.05, 3.63) is 47.3 Å². The Balaban J connectivity index is 2.14. The average Bonchev–Trinajstić information content (AvgIpc) is 3.07. The highest BCUT2D eigenvalue weighted by Gasteiger charge is 2.22. The highest BCUT2D eigenvalue weighted by atomic mass is 16.2. The molecule has 8 nitrogen and oxygen atoms in total. The van der Waals surface area contributed by atoms with Gasteiger partial charge in [-0.1, -0.05) is 17.3 Å². The van der Waals surface area contributed by atoms with Crippen LogP contribution in [0.5, 0.6) is 0 Å². The van der Waals surface area contributed by atoms with Crippen molar-refractivity contribution in [2.24, 2.45) is 0 Å². The molecule has 0 saturated heterocycles. The first-order valence-electron chi connectivity index (χ1n) is 8.22. The summed E-state index contributed by atoms with van der Waals surface area (Å²) in [4.78, 5) is 27.7. The quantitative estimate of drug-likeness (QED) is 0.779. The molecule has 0 aliphatic heterocycles. The van der Waals surface area contributed by atoms with Crippen molar-refractivity contribution < 1.29 is 9.59 Å². The number of benzene rings is 1. The minimum absolute atomic E-state index is 0.0323. The molecule has 1 aromatic heterocycles. The van der Waals surface area contributed by atoms with Gasteiger partial charge in [-0.3, -0.25) is 9.59 Å². The van der Waals surface area contributed by atoms with Gasteiger partial charge < -0.3 is 9.80 Å². The first kappa shape index (κ1) is 19.1. The van der Waals surface area contributed by atoms with Crippen molar-refractivity contribution in [3.8, 4) is 6.07 Å². The number of amides is 2. The number of aromatic nitrogens is 3. The maximum atomic E-state index is 12.8. The van der Waals surface area contributed by atoms with E-state index in [1.807, 2.05) is 26.0 Å². The lowest BCUT2D eigenvalue weighted by Gasteiger charge is -2.26. The highest BCUT2D eigenvalue weighted by Crippen LogP contribution is 2.13. The van der Waals surface area contributed by atoms with Crippen LogP contribution in [-0.4, -0.2) is 56.7 Å². The standard InChI is InChI=1S/C18H22N6O2/c1-13(2)24(10-15-7-5-14(9-19)6-8-15)18(26)16-11-23(21-20-16)12-17(25)22(3)4/h5-8,11,13H,10,12H2,1-4H3. The number of carbonyl (C=O) groups excluding carboxylic acids is 2. The summed E-state index contributed by atoms with van der Waals surface area (Å²) in [6, 6.07) is 9.12. The summed E-state index contributed by atoms with van der Waals surface area (Å²) >= 11 is 0. The molecule has 0 aliphatic carbocycles. The first-order valence-corrected chi connectivity index (χ1v) is 8.22. The van der Waals surface area contributed by atoms with Crippen molar-refractivity contribution in [3.63, 3.8) is 0 Å². The van der Waals surface area contributed by atoms with Gasteiger partial charge in [0.2, 0.25) is 5.91 Å². The molecule has 0 spiro atoms. The fourth-order valence-corrected chi connectivity index (χ4v) is 2.27. The van der Waals surface area contributed by atoms with E-state index in [0.29, 0.717) is 12.1 Å². The minimum Gasteiger partial charge on any atom is -0.347 e. The second-order valence-electron chi connectivity index (χ2n) is 6.43. The van der Waals surface area contributed by atoms with Gasteiger partial charge in [0, 0.05) is 26.7 Å². The van der Waals surface area contributed by atoms with E-state index in [1.54, 1.807) is 31.1 Å². The largest absolute Gasteiger partial charge is 0.347 e. The molecule has 0 atom stereocenters. The number of hydrogen-bond donors (Lipinski definition) is 0. The molecule has 0 radical (unpaired) electrons. The van der Waals surface area contributed by atoms with Crippen LogP contribution in [0.2, 0.25) is 0 Å². The fourth-order valence-electron chi connectivity index (χ4n) is 2.27. The molecule has 136 valence electrons. The fraction of sp³-hybridized carbons (Fsp3) is 0.389. The van der Waals surface area contributed by atoms with Crippen LogP contribution < -0.4 is 0 Å². The summed E-state index contributed by atoms with van der Waals surface area (Å²) in [5, 5.41) is 16.7. The topological polar surface area (TPSA) is 95.1 Å². The van der Waals surface area contributed by atoms with Crippen LogP contribution in [0.15, 0.2) is 30.5 Å². The summed E-state index contributed by atoms with van der Waals surface area (Å²) in [5.74, 6) is -0.389. The van der Waals surface area contributed by atoms with Gasteiger partial charge in [0.1, 0.15) is 6.54 Å². The second kappa shape index (κ2) is 8.25. The van der Waals surface area contributed by atoms with Crippen LogP contribution in [0.4, 0.5) is 0 Å². The van der Waals surface area contributed by atoms with Gasteiger partial charge in [-0.25, -0.2) is 4.68 Å². The van der Waals surface area contributed by atoms with Crippen LogP contribution in [0.3, 0.4) is 0 Å². The molecule has 0 saturated carbocycles. The number of likely N-dealkylation sites (N-methyl/N-ethyl adjacent to an activating group) is 1. The van der Waals surface area contributed by atoms with Crippen LogP contribution in [0, 0.1) is 11.3 Å². The molecule has 2 aromatic rings. The van der Waals surface area contributed by atoms with Gasteiger partial charge in [0.05, 0.1) is 17.8 Å². The molecule has 0 fully saturated rings. The molecule has 0 unspecified atom stereocenters. The zero-order valence-corrected chi connectivity index (χ0v) is 15.4. The second-order valence-corrected chi connectivity index (χ2v) is 6.43. The van der Waals surface area contributed by atoms with Crippen LogP contribution in [0.1, 0.15) is 35.5 Å². The van der Waals surface area contributed by atoms with Crippen molar-refractivity contribution in [2.75, 3.05) is 14.1 Å². The smallest absolute Gasteiger partial charge is 0.276 e. The Morgan fingerprint density at radius 2 is 1.88 bits per heavy atom. The molecule has 0 aliphatic rings. The van der Waals surface area contributed by atoms with Crippen molar-refractivity contribution >= 4 is 11.8 Å². The van der Waals surface area contributed by atoms with E-state index in [0.717, 1.165) is 5.56 Å². The van der Waals surface area contributed by atoms with Gasteiger partial charge in [0.15, 0.2) is 5.69 Å². The average molecular weight is 354 g/mol. The Morgan fingerprint density at radius 3 is 2.42 bits per heavy atom. The van der Waals surface area contributed by atoms with Gasteiger partial charge >= 0.3 is 0 Å². The molecular weight excluding hydrogens is 332 g/mol. The molecule has 2 rings (SSSR count). The summed E-state index contributed by atoms with van der Waals surface area (Å²) in [7, 11) is 3.31. The highest BCUT2D eigenvalue weighted by molar-refractivity contribution is 5.92. The Bertz CT molecular complexity index is 817. The molecule has 2 amide bonds. The van der Waals surface area contributed by atoms with Crippen LogP contribution >= 0.6 is 0 Å². The lowest BCUT2D eigenvalue weighted by Crippen LogP contribution is -2.36. The number of nitriles is 1. The lowest BCUT2D eigenvalue weighted by atomic mass is 10.1. The maximum absolute atomic E-state index is 12.8. The van der Waals surface area contributed by atoms with E-state index in [4.69, 9.17) is 5.26 Å². The number of hydrogen-bond acceptors (Lipinski definition) is 5. The minimum atomic E-state index is -0.257. The predicted molar refractivity (Wildman–Crippen MR) is 94.9 cm³/mol. The summed E-state index contributed by atoms with van der Waals surface area (Å²) in [6.45, 7) is 4.26. The van der Waals surface area contributed by atoms with Crippen LogP contribution in [0.25, 0.3) is 0 Å². The third-order valence-electron chi connectivity index (χ3n) is 3.87. The molecular formula is C18H22N6O2. The molecule has 1 aromatic carbocycles. The van der Waals surface area contributed by atoms with E-state index in [9.17, 15) is 9.59 Å². The lowest BCUT2D eigenvalue weighted by molar-refractivity contribution is -0.129. The van der Waals surface area contributed by atoms with Crippen molar-refractivity contribution in [2.45, 2.75) is 33.0 Å². The monoisotopic (exact) mass is 354 g/mol. The SMILES string of the molecule is CC(C)N(Cc1ccc(C#N)cc1)C(=O)c1cn(CC(=O)N(C)C)nn1. The van der Waals surface area contributed by atoms with Gasteiger partial charge in [0.25, 0.3) is 5.91 Å². The van der Waals surface area contributed by atoms with E-state index >= 15 is 0 Å². The van der Waals surface area contributed by atoms with Crippen molar-refractivity contribution in [1.29, 1.82) is 5.26 Å². The normalized spacial score (nSPS) is 10.5. The molecule has 8 heteroatoms. The maximum Gasteiger partial charge on any atom is 0.276 e. The van der Waals surface area contributed by atoms with Gasteiger partial charge in [-0.2, -0.15) is 5.26 Å². The Labute approximate surface area is 152 Å². The number of rotatable bonds is 6. The Hall–Kier alpha value is -3.21. The molecule has 26 heavy (non-hydrogen) atoms.